The van der Waals surface area contributed by atoms with Gasteiger partial charge >= 0.3 is 5.97 Å². The van der Waals surface area contributed by atoms with Gasteiger partial charge in [0.2, 0.25) is 5.91 Å². The minimum Gasteiger partial charge on any atom is -0.508 e. The number of phenols is 1. The lowest BCUT2D eigenvalue weighted by molar-refractivity contribution is -0.152. The van der Waals surface area contributed by atoms with Gasteiger partial charge in [-0.25, -0.2) is 0 Å². The lowest BCUT2D eigenvalue weighted by Gasteiger charge is -2.31. The predicted molar refractivity (Wildman–Crippen MR) is 91.0 cm³/mol. The van der Waals surface area contributed by atoms with Crippen LogP contribution >= 0.6 is 0 Å². The van der Waals surface area contributed by atoms with E-state index in [-0.39, 0.29) is 37.1 Å². The highest BCUT2D eigenvalue weighted by Gasteiger charge is 2.27. The molecule has 26 heavy (non-hydrogen) atoms. The molecule has 0 aliphatic carbocycles. The molecule has 2 amide bonds. The average Bonchev–Trinajstić information content (AvgIpc) is 3.01. The zero-order chi connectivity index (χ0) is 18.7. The fraction of sp³-hybridized carbons (Fsp3) is 0.389. The molecule has 1 fully saturated rings. The summed E-state index contributed by atoms with van der Waals surface area (Å²) in [6.45, 7) is 0.415. The molecule has 3 rings (SSSR count). The van der Waals surface area contributed by atoms with Gasteiger partial charge in [0, 0.05) is 30.1 Å². The Kier molecular flexibility index (Phi) is 5.11. The number of primary amides is 1. The van der Waals surface area contributed by atoms with Crippen LogP contribution in [0.15, 0.2) is 28.9 Å². The Balaban J connectivity index is 1.53. The summed E-state index contributed by atoms with van der Waals surface area (Å²) < 4.78 is 10.4. The monoisotopic (exact) mass is 360 g/mol. The third kappa shape index (κ3) is 3.96. The smallest absolute Gasteiger partial charge is 0.310 e. The van der Waals surface area contributed by atoms with E-state index in [1.54, 1.807) is 6.07 Å². The molecule has 8 heteroatoms. The van der Waals surface area contributed by atoms with Crippen LogP contribution in [0.2, 0.25) is 0 Å². The van der Waals surface area contributed by atoms with E-state index >= 15 is 0 Å². The maximum atomic E-state index is 12.2. The predicted octanol–water partition coefficient (Wildman–Crippen LogP) is 0.948. The molecule has 0 saturated carbocycles. The number of fused-ring (bicyclic) bond motifs is 1. The molecular weight excluding hydrogens is 340 g/mol. The number of carbonyl (C=O) groups is 3. The van der Waals surface area contributed by atoms with Crippen LogP contribution in [-0.4, -0.2) is 47.5 Å². The van der Waals surface area contributed by atoms with Crippen LogP contribution in [0.1, 0.15) is 18.4 Å². The zero-order valence-electron chi connectivity index (χ0n) is 14.1. The lowest BCUT2D eigenvalue weighted by Crippen LogP contribution is -2.45. The average molecular weight is 360 g/mol. The number of ether oxygens (including phenoxy) is 1. The fourth-order valence-electron chi connectivity index (χ4n) is 3.08. The number of rotatable bonds is 5. The summed E-state index contributed by atoms with van der Waals surface area (Å²) in [7, 11) is 0. The summed E-state index contributed by atoms with van der Waals surface area (Å²) in [5, 5.41) is 10.1. The Morgan fingerprint density at radius 3 is 2.92 bits per heavy atom. The van der Waals surface area contributed by atoms with Gasteiger partial charge in [-0.3, -0.25) is 14.4 Å². The van der Waals surface area contributed by atoms with Crippen molar-refractivity contribution in [3.63, 3.8) is 0 Å². The van der Waals surface area contributed by atoms with Crippen molar-refractivity contribution in [2.24, 2.45) is 11.7 Å². The van der Waals surface area contributed by atoms with Gasteiger partial charge in [0.1, 0.15) is 11.3 Å². The Morgan fingerprint density at radius 2 is 2.15 bits per heavy atom. The maximum absolute atomic E-state index is 12.2. The quantitative estimate of drug-likeness (QED) is 0.765. The first-order chi connectivity index (χ1) is 12.4. The number of benzene rings is 1. The summed E-state index contributed by atoms with van der Waals surface area (Å²) >= 11 is 0. The standard InChI is InChI=1S/C18H20N2O6/c19-18(24)11-2-1-5-20(8-11)16(22)10-26-17(23)6-12-9-25-15-7-13(21)3-4-14(12)15/h3-4,7,9,11,21H,1-2,5-6,8,10H2,(H2,19,24)/t11-/m1/s1. The number of nitrogens with two attached hydrogens (primary N) is 1. The van der Waals surface area contributed by atoms with Crippen molar-refractivity contribution < 1.29 is 28.6 Å². The minimum absolute atomic E-state index is 0.0467. The number of hydrogen-bond donors (Lipinski definition) is 2. The summed E-state index contributed by atoms with van der Waals surface area (Å²) in [5.74, 6) is -1.60. The van der Waals surface area contributed by atoms with E-state index in [1.165, 1.54) is 23.3 Å². The van der Waals surface area contributed by atoms with E-state index < -0.39 is 11.9 Å². The van der Waals surface area contributed by atoms with Crippen molar-refractivity contribution in [2.45, 2.75) is 19.3 Å². The van der Waals surface area contributed by atoms with Crippen molar-refractivity contribution in [2.75, 3.05) is 19.7 Å². The largest absolute Gasteiger partial charge is 0.508 e. The molecule has 138 valence electrons. The Bertz CT molecular complexity index is 843. The van der Waals surface area contributed by atoms with Crippen LogP contribution < -0.4 is 5.73 Å². The molecule has 1 aliphatic heterocycles. The SMILES string of the molecule is NC(=O)[C@@H]1CCCN(C(=O)COC(=O)Cc2coc3cc(O)ccc23)C1. The normalized spacial score (nSPS) is 17.2. The Labute approximate surface area is 149 Å². The molecule has 0 spiro atoms. The molecule has 8 nitrogen and oxygen atoms in total. The minimum atomic E-state index is -0.558. The van der Waals surface area contributed by atoms with Gasteiger partial charge in [-0.15, -0.1) is 0 Å². The summed E-state index contributed by atoms with van der Waals surface area (Å²) in [6, 6.07) is 4.61. The van der Waals surface area contributed by atoms with E-state index in [1.807, 2.05) is 0 Å². The Morgan fingerprint density at radius 1 is 1.35 bits per heavy atom. The molecule has 1 aromatic heterocycles. The molecule has 0 unspecified atom stereocenters. The number of amides is 2. The highest BCUT2D eigenvalue weighted by atomic mass is 16.5. The van der Waals surface area contributed by atoms with Crippen LogP contribution in [0.25, 0.3) is 11.0 Å². The number of nitrogens with zero attached hydrogens (tertiary/aromatic N) is 1. The van der Waals surface area contributed by atoms with Crippen molar-refractivity contribution in [3.8, 4) is 5.75 Å². The number of piperidine rings is 1. The molecule has 2 aromatic rings. The van der Waals surface area contributed by atoms with E-state index in [2.05, 4.69) is 0 Å². The van der Waals surface area contributed by atoms with E-state index in [0.717, 1.165) is 0 Å². The third-order valence-corrected chi connectivity index (χ3v) is 4.51. The van der Waals surface area contributed by atoms with E-state index in [9.17, 15) is 19.5 Å². The van der Waals surface area contributed by atoms with Gasteiger partial charge in [0.25, 0.3) is 5.91 Å². The highest BCUT2D eigenvalue weighted by molar-refractivity contribution is 5.87. The van der Waals surface area contributed by atoms with Gasteiger partial charge in [0.05, 0.1) is 18.6 Å². The molecule has 1 aromatic carbocycles. The van der Waals surface area contributed by atoms with Gasteiger partial charge in [-0.1, -0.05) is 0 Å². The van der Waals surface area contributed by atoms with Crippen LogP contribution in [0.5, 0.6) is 5.75 Å². The molecule has 2 heterocycles. The molecule has 1 aliphatic rings. The number of esters is 1. The molecule has 0 radical (unpaired) electrons. The molecule has 1 saturated heterocycles. The number of hydrogen-bond acceptors (Lipinski definition) is 6. The first-order valence-corrected chi connectivity index (χ1v) is 8.36. The van der Waals surface area contributed by atoms with Crippen LogP contribution in [-0.2, 0) is 25.5 Å². The van der Waals surface area contributed by atoms with Gasteiger partial charge in [0.15, 0.2) is 6.61 Å². The van der Waals surface area contributed by atoms with Gasteiger partial charge in [-0.2, -0.15) is 0 Å². The molecular formula is C18H20N2O6. The molecule has 1 atom stereocenters. The van der Waals surface area contributed by atoms with E-state index in [4.69, 9.17) is 14.9 Å². The van der Waals surface area contributed by atoms with Crippen molar-refractivity contribution in [1.82, 2.24) is 4.90 Å². The third-order valence-electron chi connectivity index (χ3n) is 4.51. The molecule has 0 bridgehead atoms. The topological polar surface area (TPSA) is 123 Å². The zero-order valence-corrected chi connectivity index (χ0v) is 14.1. The summed E-state index contributed by atoms with van der Waals surface area (Å²) in [5.41, 5.74) is 6.38. The summed E-state index contributed by atoms with van der Waals surface area (Å²) in [4.78, 5) is 37.0. The van der Waals surface area contributed by atoms with Crippen LogP contribution in [0, 0.1) is 5.92 Å². The lowest BCUT2D eigenvalue weighted by atomic mass is 9.97. The number of phenolic OH excluding ortho intramolecular Hbond substituents is 1. The Hall–Kier alpha value is -3.03. The van der Waals surface area contributed by atoms with Crippen LogP contribution in [0.3, 0.4) is 0 Å². The number of aromatic hydroxyl groups is 1. The first-order valence-electron chi connectivity index (χ1n) is 8.36. The fourth-order valence-corrected chi connectivity index (χ4v) is 3.08. The second-order valence-electron chi connectivity index (χ2n) is 6.36. The highest BCUT2D eigenvalue weighted by Crippen LogP contribution is 2.25. The van der Waals surface area contributed by atoms with Crippen LogP contribution in [0.4, 0.5) is 0 Å². The first kappa shape index (κ1) is 17.8. The van der Waals surface area contributed by atoms with E-state index in [0.29, 0.717) is 35.9 Å². The maximum Gasteiger partial charge on any atom is 0.310 e. The molecule has 3 N–H and O–H groups in total. The summed E-state index contributed by atoms with van der Waals surface area (Å²) in [6.07, 6.45) is 2.74. The van der Waals surface area contributed by atoms with Crippen molar-refractivity contribution in [1.29, 1.82) is 0 Å². The second kappa shape index (κ2) is 7.47. The number of likely N-dealkylation sites (tertiary alicyclic amines) is 1. The second-order valence-corrected chi connectivity index (χ2v) is 6.36. The van der Waals surface area contributed by atoms with Gasteiger partial charge in [-0.05, 0) is 25.0 Å². The van der Waals surface area contributed by atoms with Crippen molar-refractivity contribution in [3.05, 3.63) is 30.0 Å². The van der Waals surface area contributed by atoms with Crippen molar-refractivity contribution >= 4 is 28.8 Å². The number of furan rings is 1. The number of carbonyl (C=O) groups excluding carboxylic acids is 3. The van der Waals surface area contributed by atoms with Gasteiger partial charge < -0.3 is 24.9 Å².